The van der Waals surface area contributed by atoms with Gasteiger partial charge in [-0.25, -0.2) is 0 Å². The van der Waals surface area contributed by atoms with Crippen molar-refractivity contribution in [2.24, 2.45) is 5.41 Å². The number of carbonyl (C=O) groups is 2. The van der Waals surface area contributed by atoms with Crippen LogP contribution in [0.3, 0.4) is 0 Å². The summed E-state index contributed by atoms with van der Waals surface area (Å²) in [6.45, 7) is 6.76. The highest BCUT2D eigenvalue weighted by Gasteiger charge is 2.41. The molecule has 0 bridgehead atoms. The lowest BCUT2D eigenvalue weighted by Crippen LogP contribution is -2.45. The van der Waals surface area contributed by atoms with Crippen molar-refractivity contribution in [1.29, 1.82) is 0 Å². The van der Waals surface area contributed by atoms with Gasteiger partial charge in [-0.1, -0.05) is 30.3 Å². The Hall–Kier alpha value is -2.86. The fourth-order valence-electron chi connectivity index (χ4n) is 5.48. The number of amides is 2. The predicted octanol–water partition coefficient (Wildman–Crippen LogP) is 3.59. The Morgan fingerprint density at radius 2 is 1.78 bits per heavy atom. The first-order valence-corrected chi connectivity index (χ1v) is 11.7. The molecule has 168 valence electrons. The molecule has 5 rings (SSSR count). The average molecular weight is 433 g/mol. The van der Waals surface area contributed by atoms with Crippen molar-refractivity contribution in [2.45, 2.75) is 38.8 Å². The fourth-order valence-corrected chi connectivity index (χ4v) is 5.48. The van der Waals surface area contributed by atoms with Crippen LogP contribution in [0, 0.1) is 5.41 Å². The zero-order chi connectivity index (χ0) is 22.3. The lowest BCUT2D eigenvalue weighted by molar-refractivity contribution is -0.117. The van der Waals surface area contributed by atoms with Crippen LogP contribution in [0.5, 0.6) is 0 Å². The predicted molar refractivity (Wildman–Crippen MR) is 127 cm³/mol. The van der Waals surface area contributed by atoms with Crippen molar-refractivity contribution in [2.75, 3.05) is 43.4 Å². The maximum absolute atomic E-state index is 13.2. The van der Waals surface area contributed by atoms with E-state index in [2.05, 4.69) is 40.5 Å². The van der Waals surface area contributed by atoms with Crippen LogP contribution >= 0.6 is 0 Å². The smallest absolute Gasteiger partial charge is 0.253 e. The Bertz CT molecular complexity index is 1010. The monoisotopic (exact) mass is 432 g/mol. The number of hydrogen-bond acceptors (Lipinski definition) is 4. The van der Waals surface area contributed by atoms with Gasteiger partial charge in [0.05, 0.1) is 11.4 Å². The average Bonchev–Trinajstić information content (AvgIpc) is 3.19. The van der Waals surface area contributed by atoms with Crippen LogP contribution in [0.4, 0.5) is 11.4 Å². The van der Waals surface area contributed by atoms with Crippen LogP contribution in [0.1, 0.15) is 42.1 Å². The summed E-state index contributed by atoms with van der Waals surface area (Å²) in [4.78, 5) is 31.9. The van der Waals surface area contributed by atoms with Gasteiger partial charge in [-0.15, -0.1) is 0 Å². The Kier molecular flexibility index (Phi) is 5.41. The standard InChI is InChI=1S/C26H32N4O2/c1-19-24(31)27-22-16-21(8-9-23(22)28(19)2)25(32)30-14-11-26(12-15-30)10-13-29(18-26)17-20-6-4-3-5-7-20/h3-9,16,19H,10-15,17-18H2,1-2H3,(H,27,31). The van der Waals surface area contributed by atoms with Crippen LogP contribution in [0.25, 0.3) is 0 Å². The normalized spacial score (nSPS) is 22.7. The Labute approximate surface area is 190 Å². The maximum Gasteiger partial charge on any atom is 0.253 e. The van der Waals surface area contributed by atoms with Crippen molar-refractivity contribution < 1.29 is 9.59 Å². The molecule has 0 aromatic heterocycles. The molecule has 1 unspecified atom stereocenters. The van der Waals surface area contributed by atoms with E-state index >= 15 is 0 Å². The highest BCUT2D eigenvalue weighted by atomic mass is 16.2. The number of piperidine rings is 1. The number of hydrogen-bond donors (Lipinski definition) is 1. The van der Waals surface area contributed by atoms with Crippen molar-refractivity contribution in [1.82, 2.24) is 9.80 Å². The van der Waals surface area contributed by atoms with Crippen molar-refractivity contribution in [3.8, 4) is 0 Å². The minimum Gasteiger partial charge on any atom is -0.361 e. The summed E-state index contributed by atoms with van der Waals surface area (Å²) in [7, 11) is 1.91. The van der Waals surface area contributed by atoms with E-state index in [1.54, 1.807) is 0 Å². The van der Waals surface area contributed by atoms with Crippen LogP contribution < -0.4 is 10.2 Å². The summed E-state index contributed by atoms with van der Waals surface area (Å²) >= 11 is 0. The summed E-state index contributed by atoms with van der Waals surface area (Å²) in [5.74, 6) is 0.0307. The number of anilines is 2. The van der Waals surface area contributed by atoms with Gasteiger partial charge in [0, 0.05) is 38.8 Å². The second-order valence-corrected chi connectivity index (χ2v) is 9.75. The number of rotatable bonds is 3. The highest BCUT2D eigenvalue weighted by Crippen LogP contribution is 2.41. The van der Waals surface area contributed by atoms with Crippen LogP contribution in [0.2, 0.25) is 0 Å². The third kappa shape index (κ3) is 3.88. The summed E-state index contributed by atoms with van der Waals surface area (Å²) in [5.41, 5.74) is 4.04. The molecule has 2 aromatic rings. The SMILES string of the molecule is CC1C(=O)Nc2cc(C(=O)N3CCC4(CCN(Cc5ccccc5)C4)CC3)ccc2N1C. The number of nitrogens with one attached hydrogen (secondary N) is 1. The quantitative estimate of drug-likeness (QED) is 0.805. The Morgan fingerprint density at radius 1 is 1.06 bits per heavy atom. The van der Waals surface area contributed by atoms with E-state index in [0.29, 0.717) is 11.0 Å². The van der Waals surface area contributed by atoms with Gasteiger partial charge in [0.2, 0.25) is 5.91 Å². The Balaban J connectivity index is 1.21. The summed E-state index contributed by atoms with van der Waals surface area (Å²) in [5, 5.41) is 2.95. The zero-order valence-corrected chi connectivity index (χ0v) is 19.0. The topological polar surface area (TPSA) is 55.9 Å². The molecule has 3 aliphatic rings. The minimum absolute atomic E-state index is 0.0363. The second kappa shape index (κ2) is 8.24. The van der Waals surface area contributed by atoms with E-state index in [-0.39, 0.29) is 17.9 Å². The van der Waals surface area contributed by atoms with Gasteiger partial charge < -0.3 is 15.1 Å². The number of nitrogens with zero attached hydrogens (tertiary/aromatic N) is 3. The third-order valence-electron chi connectivity index (χ3n) is 7.72. The van der Waals surface area contributed by atoms with Gasteiger partial charge in [-0.3, -0.25) is 14.5 Å². The van der Waals surface area contributed by atoms with Crippen molar-refractivity contribution in [3.63, 3.8) is 0 Å². The first kappa shape index (κ1) is 21.0. The van der Waals surface area contributed by atoms with Gasteiger partial charge in [0.25, 0.3) is 5.91 Å². The van der Waals surface area contributed by atoms with E-state index in [4.69, 9.17) is 0 Å². The number of benzene rings is 2. The Morgan fingerprint density at radius 3 is 2.53 bits per heavy atom. The molecule has 3 heterocycles. The summed E-state index contributed by atoms with van der Waals surface area (Å²) in [6.07, 6.45) is 3.34. The summed E-state index contributed by atoms with van der Waals surface area (Å²) in [6, 6.07) is 16.1. The van der Waals surface area contributed by atoms with E-state index in [1.165, 1.54) is 12.0 Å². The first-order chi connectivity index (χ1) is 15.4. The van der Waals surface area contributed by atoms with Gasteiger partial charge in [0.1, 0.15) is 6.04 Å². The van der Waals surface area contributed by atoms with Crippen LogP contribution in [-0.2, 0) is 11.3 Å². The summed E-state index contributed by atoms with van der Waals surface area (Å²) < 4.78 is 0. The molecule has 0 radical (unpaired) electrons. The van der Waals surface area contributed by atoms with Gasteiger partial charge in [-0.2, -0.15) is 0 Å². The first-order valence-electron chi connectivity index (χ1n) is 11.7. The van der Waals surface area contributed by atoms with Crippen molar-refractivity contribution >= 4 is 23.2 Å². The lowest BCUT2D eigenvalue weighted by atomic mass is 9.77. The molecule has 1 atom stereocenters. The number of carbonyl (C=O) groups excluding carboxylic acids is 2. The fraction of sp³-hybridized carbons (Fsp3) is 0.462. The van der Waals surface area contributed by atoms with Crippen LogP contribution in [0.15, 0.2) is 48.5 Å². The van der Waals surface area contributed by atoms with Gasteiger partial charge in [-0.05, 0) is 61.9 Å². The van der Waals surface area contributed by atoms with E-state index in [1.807, 2.05) is 42.0 Å². The molecule has 2 fully saturated rings. The minimum atomic E-state index is -0.213. The molecule has 2 saturated heterocycles. The molecule has 32 heavy (non-hydrogen) atoms. The highest BCUT2D eigenvalue weighted by molar-refractivity contribution is 6.05. The van der Waals surface area contributed by atoms with E-state index in [9.17, 15) is 9.59 Å². The molecule has 2 aromatic carbocycles. The molecule has 3 aliphatic heterocycles. The van der Waals surface area contributed by atoms with E-state index < -0.39 is 0 Å². The van der Waals surface area contributed by atoms with Crippen molar-refractivity contribution in [3.05, 3.63) is 59.7 Å². The molecule has 0 saturated carbocycles. The number of fused-ring (bicyclic) bond motifs is 1. The maximum atomic E-state index is 13.2. The molecule has 0 aliphatic carbocycles. The number of likely N-dealkylation sites (tertiary alicyclic amines) is 2. The van der Waals surface area contributed by atoms with Gasteiger partial charge >= 0.3 is 0 Å². The molecular formula is C26H32N4O2. The molecule has 2 amide bonds. The molecule has 1 N–H and O–H groups in total. The van der Waals surface area contributed by atoms with Crippen LogP contribution in [-0.4, -0.2) is 60.9 Å². The lowest BCUT2D eigenvalue weighted by Gasteiger charge is -2.39. The molecular weight excluding hydrogens is 400 g/mol. The molecule has 6 heteroatoms. The zero-order valence-electron chi connectivity index (χ0n) is 19.0. The van der Waals surface area contributed by atoms with Gasteiger partial charge in [0.15, 0.2) is 0 Å². The molecule has 6 nitrogen and oxygen atoms in total. The second-order valence-electron chi connectivity index (χ2n) is 9.75. The third-order valence-corrected chi connectivity index (χ3v) is 7.72. The molecule has 1 spiro atoms. The van der Waals surface area contributed by atoms with E-state index in [0.717, 1.165) is 56.9 Å². The number of likely N-dealkylation sites (N-methyl/N-ethyl adjacent to an activating group) is 1. The largest absolute Gasteiger partial charge is 0.361 e.